The van der Waals surface area contributed by atoms with Gasteiger partial charge in [0.1, 0.15) is 0 Å². The SMILES string of the molecule is CC(C)n1cc(CNCC(C)(C)CCO)cn1. The van der Waals surface area contributed by atoms with Crippen LogP contribution in [-0.4, -0.2) is 28.0 Å². The first-order chi connectivity index (χ1) is 7.94. The van der Waals surface area contributed by atoms with Crippen molar-refractivity contribution in [1.29, 1.82) is 0 Å². The van der Waals surface area contributed by atoms with E-state index in [1.54, 1.807) is 0 Å². The molecule has 0 saturated carbocycles. The van der Waals surface area contributed by atoms with Crippen LogP contribution in [0.5, 0.6) is 0 Å². The molecule has 0 aromatic carbocycles. The molecule has 0 aliphatic rings. The Morgan fingerprint density at radius 2 is 2.18 bits per heavy atom. The maximum atomic E-state index is 8.94. The monoisotopic (exact) mass is 239 g/mol. The number of hydrogen-bond donors (Lipinski definition) is 2. The maximum Gasteiger partial charge on any atom is 0.0534 e. The molecule has 0 fully saturated rings. The third-order valence-electron chi connectivity index (χ3n) is 2.91. The highest BCUT2D eigenvalue weighted by molar-refractivity contribution is 5.03. The molecule has 0 atom stereocenters. The Morgan fingerprint density at radius 1 is 1.47 bits per heavy atom. The van der Waals surface area contributed by atoms with Gasteiger partial charge >= 0.3 is 0 Å². The standard InChI is InChI=1S/C13H25N3O/c1-11(2)16-9-12(8-15-16)7-14-10-13(3,4)5-6-17/h8-9,11,14,17H,5-7,10H2,1-4H3. The van der Waals surface area contributed by atoms with Gasteiger partial charge in [0, 0.05) is 37.5 Å². The number of hydrogen-bond acceptors (Lipinski definition) is 3. The molecule has 0 aliphatic heterocycles. The zero-order valence-corrected chi connectivity index (χ0v) is 11.4. The molecule has 2 N–H and O–H groups in total. The summed E-state index contributed by atoms with van der Waals surface area (Å²) in [6.07, 6.45) is 4.81. The lowest BCUT2D eigenvalue weighted by Gasteiger charge is -2.23. The van der Waals surface area contributed by atoms with E-state index in [0.29, 0.717) is 6.04 Å². The lowest BCUT2D eigenvalue weighted by atomic mass is 9.90. The summed E-state index contributed by atoms with van der Waals surface area (Å²) in [4.78, 5) is 0. The van der Waals surface area contributed by atoms with Crippen LogP contribution >= 0.6 is 0 Å². The van der Waals surface area contributed by atoms with E-state index >= 15 is 0 Å². The number of aliphatic hydroxyl groups is 1. The van der Waals surface area contributed by atoms with Gasteiger partial charge in [-0.15, -0.1) is 0 Å². The van der Waals surface area contributed by atoms with E-state index in [2.05, 4.69) is 44.3 Å². The Bertz CT molecular complexity index is 331. The molecule has 0 bridgehead atoms. The van der Waals surface area contributed by atoms with Crippen LogP contribution in [0.1, 0.15) is 45.7 Å². The zero-order valence-electron chi connectivity index (χ0n) is 11.4. The van der Waals surface area contributed by atoms with Crippen LogP contribution in [0.2, 0.25) is 0 Å². The van der Waals surface area contributed by atoms with Crippen molar-refractivity contribution in [3.05, 3.63) is 18.0 Å². The van der Waals surface area contributed by atoms with Gasteiger partial charge in [-0.25, -0.2) is 0 Å². The van der Waals surface area contributed by atoms with Crippen LogP contribution in [0, 0.1) is 5.41 Å². The molecule has 1 rings (SSSR count). The molecule has 0 aliphatic carbocycles. The van der Waals surface area contributed by atoms with Crippen molar-refractivity contribution in [2.24, 2.45) is 5.41 Å². The predicted octanol–water partition coefficient (Wildman–Crippen LogP) is 1.96. The number of aromatic nitrogens is 2. The van der Waals surface area contributed by atoms with Gasteiger partial charge in [-0.2, -0.15) is 5.10 Å². The van der Waals surface area contributed by atoms with Gasteiger partial charge in [0.2, 0.25) is 0 Å². The molecule has 1 aromatic rings. The Balaban J connectivity index is 2.35. The van der Waals surface area contributed by atoms with E-state index in [4.69, 9.17) is 5.11 Å². The molecule has 0 amide bonds. The molecule has 1 aromatic heterocycles. The molecular formula is C13H25N3O. The molecule has 0 unspecified atom stereocenters. The van der Waals surface area contributed by atoms with Crippen molar-refractivity contribution in [3.63, 3.8) is 0 Å². The van der Waals surface area contributed by atoms with Gasteiger partial charge in [0.25, 0.3) is 0 Å². The summed E-state index contributed by atoms with van der Waals surface area (Å²) in [6.45, 7) is 10.5. The van der Waals surface area contributed by atoms with Gasteiger partial charge in [-0.1, -0.05) is 13.8 Å². The summed E-state index contributed by atoms with van der Waals surface area (Å²) in [5.41, 5.74) is 1.35. The van der Waals surface area contributed by atoms with E-state index in [0.717, 1.165) is 19.5 Å². The van der Waals surface area contributed by atoms with Crippen molar-refractivity contribution in [2.45, 2.75) is 46.7 Å². The highest BCUT2D eigenvalue weighted by Gasteiger charge is 2.16. The lowest BCUT2D eigenvalue weighted by Crippen LogP contribution is -2.29. The molecular weight excluding hydrogens is 214 g/mol. The van der Waals surface area contributed by atoms with Gasteiger partial charge in [-0.3, -0.25) is 4.68 Å². The Hall–Kier alpha value is -0.870. The highest BCUT2D eigenvalue weighted by Crippen LogP contribution is 2.18. The first-order valence-corrected chi connectivity index (χ1v) is 6.29. The number of nitrogens with zero attached hydrogens (tertiary/aromatic N) is 2. The first-order valence-electron chi connectivity index (χ1n) is 6.29. The Morgan fingerprint density at radius 3 is 2.71 bits per heavy atom. The molecule has 17 heavy (non-hydrogen) atoms. The topological polar surface area (TPSA) is 50.1 Å². The van der Waals surface area contributed by atoms with Crippen molar-refractivity contribution in [1.82, 2.24) is 15.1 Å². The van der Waals surface area contributed by atoms with Crippen molar-refractivity contribution >= 4 is 0 Å². The zero-order chi connectivity index (χ0) is 12.9. The van der Waals surface area contributed by atoms with E-state index in [9.17, 15) is 0 Å². The summed E-state index contributed by atoms with van der Waals surface area (Å²) in [5, 5.41) is 16.7. The van der Waals surface area contributed by atoms with E-state index < -0.39 is 0 Å². The lowest BCUT2D eigenvalue weighted by molar-refractivity contribution is 0.207. The average molecular weight is 239 g/mol. The maximum absolute atomic E-state index is 8.94. The number of nitrogens with one attached hydrogen (secondary N) is 1. The molecule has 98 valence electrons. The quantitative estimate of drug-likeness (QED) is 0.765. The summed E-state index contributed by atoms with van der Waals surface area (Å²) >= 11 is 0. The van der Waals surface area contributed by atoms with Crippen molar-refractivity contribution in [3.8, 4) is 0 Å². The van der Waals surface area contributed by atoms with Crippen molar-refractivity contribution in [2.75, 3.05) is 13.2 Å². The number of aliphatic hydroxyl groups excluding tert-OH is 1. The summed E-state index contributed by atoms with van der Waals surface area (Å²) in [6, 6.07) is 0.412. The second-order valence-electron chi connectivity index (χ2n) is 5.66. The number of rotatable bonds is 7. The van der Waals surface area contributed by atoms with Gasteiger partial charge in [0.05, 0.1) is 6.20 Å². The van der Waals surface area contributed by atoms with Gasteiger partial charge in [-0.05, 0) is 25.7 Å². The second kappa shape index (κ2) is 6.17. The fraction of sp³-hybridized carbons (Fsp3) is 0.769. The van der Waals surface area contributed by atoms with Crippen LogP contribution in [0.15, 0.2) is 12.4 Å². The molecule has 0 radical (unpaired) electrons. The van der Waals surface area contributed by atoms with E-state index in [1.807, 2.05) is 10.9 Å². The average Bonchev–Trinajstić information content (AvgIpc) is 2.66. The smallest absolute Gasteiger partial charge is 0.0534 e. The van der Waals surface area contributed by atoms with Crippen molar-refractivity contribution < 1.29 is 5.11 Å². The fourth-order valence-corrected chi connectivity index (χ4v) is 1.69. The van der Waals surface area contributed by atoms with Crippen LogP contribution in [0.3, 0.4) is 0 Å². The molecule has 4 heteroatoms. The predicted molar refractivity (Wildman–Crippen MR) is 69.8 cm³/mol. The third kappa shape index (κ3) is 4.88. The largest absolute Gasteiger partial charge is 0.396 e. The highest BCUT2D eigenvalue weighted by atomic mass is 16.3. The van der Waals surface area contributed by atoms with Gasteiger partial charge in [0.15, 0.2) is 0 Å². The fourth-order valence-electron chi connectivity index (χ4n) is 1.69. The molecule has 0 spiro atoms. The van der Waals surface area contributed by atoms with E-state index in [-0.39, 0.29) is 12.0 Å². The van der Waals surface area contributed by atoms with Gasteiger partial charge < -0.3 is 10.4 Å². The van der Waals surface area contributed by atoms with Crippen LogP contribution in [0.4, 0.5) is 0 Å². The van der Waals surface area contributed by atoms with Crippen LogP contribution in [-0.2, 0) is 6.54 Å². The second-order valence-corrected chi connectivity index (χ2v) is 5.66. The Labute approximate surface area is 104 Å². The summed E-state index contributed by atoms with van der Waals surface area (Å²) in [7, 11) is 0. The third-order valence-corrected chi connectivity index (χ3v) is 2.91. The minimum Gasteiger partial charge on any atom is -0.396 e. The minimum atomic E-state index is 0.142. The van der Waals surface area contributed by atoms with E-state index in [1.165, 1.54) is 5.56 Å². The van der Waals surface area contributed by atoms with Crippen LogP contribution in [0.25, 0.3) is 0 Å². The minimum absolute atomic E-state index is 0.142. The first kappa shape index (κ1) is 14.2. The molecule has 0 saturated heterocycles. The summed E-state index contributed by atoms with van der Waals surface area (Å²) in [5.74, 6) is 0. The summed E-state index contributed by atoms with van der Waals surface area (Å²) < 4.78 is 1.97. The molecule has 4 nitrogen and oxygen atoms in total. The van der Waals surface area contributed by atoms with Crippen LogP contribution < -0.4 is 5.32 Å². The Kier molecular flexibility index (Phi) is 5.15. The molecule has 1 heterocycles. The normalized spacial score (nSPS) is 12.4.